The van der Waals surface area contributed by atoms with Gasteiger partial charge in [0.25, 0.3) is 0 Å². The quantitative estimate of drug-likeness (QED) is 0.806. The van der Waals surface area contributed by atoms with Gasteiger partial charge in [0.1, 0.15) is 6.61 Å². The van der Waals surface area contributed by atoms with Gasteiger partial charge in [0.2, 0.25) is 5.91 Å². The Balaban J connectivity index is 2.39. The van der Waals surface area contributed by atoms with Crippen molar-refractivity contribution in [1.82, 2.24) is 14.7 Å². The van der Waals surface area contributed by atoms with E-state index in [1.165, 1.54) is 4.90 Å². The van der Waals surface area contributed by atoms with E-state index in [2.05, 4.69) is 5.10 Å². The first-order valence-corrected chi connectivity index (χ1v) is 5.67. The average molecular weight is 253 g/mol. The summed E-state index contributed by atoms with van der Waals surface area (Å²) in [5.41, 5.74) is 0.666. The minimum Gasteiger partial charge on any atom is -0.479 e. The SMILES string of the molecule is CCN1C(=O)CO[C@H](C(=O)O)[C@H]1c1cnn(C)c1. The summed E-state index contributed by atoms with van der Waals surface area (Å²) in [5.74, 6) is -1.28. The number of likely N-dealkylation sites (N-methyl/N-ethyl adjacent to an activating group) is 1. The Kier molecular flexibility index (Phi) is 3.33. The summed E-state index contributed by atoms with van der Waals surface area (Å²) in [6.07, 6.45) is 2.21. The summed E-state index contributed by atoms with van der Waals surface area (Å²) >= 11 is 0. The van der Waals surface area contributed by atoms with Crippen molar-refractivity contribution in [3.63, 3.8) is 0 Å². The van der Waals surface area contributed by atoms with Crippen LogP contribution in [0.1, 0.15) is 18.5 Å². The van der Waals surface area contributed by atoms with Gasteiger partial charge in [0.05, 0.1) is 12.2 Å². The molecule has 1 amide bonds. The highest BCUT2D eigenvalue weighted by molar-refractivity contribution is 5.82. The number of carboxylic acids is 1. The molecule has 2 atom stereocenters. The van der Waals surface area contributed by atoms with Gasteiger partial charge in [-0.3, -0.25) is 9.48 Å². The molecule has 1 saturated heterocycles. The number of rotatable bonds is 3. The van der Waals surface area contributed by atoms with Crippen molar-refractivity contribution in [1.29, 1.82) is 0 Å². The molecule has 0 saturated carbocycles. The highest BCUT2D eigenvalue weighted by Gasteiger charge is 2.41. The second-order valence-corrected chi connectivity index (χ2v) is 4.14. The summed E-state index contributed by atoms with van der Waals surface area (Å²) in [4.78, 5) is 24.5. The Hall–Kier alpha value is -1.89. The molecule has 0 spiro atoms. The van der Waals surface area contributed by atoms with E-state index in [9.17, 15) is 14.7 Å². The number of hydrogen-bond donors (Lipinski definition) is 1. The van der Waals surface area contributed by atoms with Gasteiger partial charge < -0.3 is 14.7 Å². The van der Waals surface area contributed by atoms with Crippen LogP contribution in [0.15, 0.2) is 12.4 Å². The monoisotopic (exact) mass is 253 g/mol. The van der Waals surface area contributed by atoms with Crippen LogP contribution in [0.5, 0.6) is 0 Å². The zero-order chi connectivity index (χ0) is 13.3. The van der Waals surface area contributed by atoms with Crippen molar-refractivity contribution in [2.45, 2.75) is 19.1 Å². The molecule has 98 valence electrons. The minimum absolute atomic E-state index is 0.193. The first-order chi connectivity index (χ1) is 8.54. The van der Waals surface area contributed by atoms with Crippen molar-refractivity contribution in [3.8, 4) is 0 Å². The molecule has 1 aromatic heterocycles. The molecule has 7 nitrogen and oxygen atoms in total. The van der Waals surface area contributed by atoms with Crippen LogP contribution in [-0.4, -0.2) is 50.9 Å². The Morgan fingerprint density at radius 1 is 1.67 bits per heavy atom. The van der Waals surface area contributed by atoms with Gasteiger partial charge in [0, 0.05) is 25.4 Å². The van der Waals surface area contributed by atoms with E-state index in [-0.39, 0.29) is 12.5 Å². The highest BCUT2D eigenvalue weighted by atomic mass is 16.5. The Labute approximate surface area is 104 Å². The number of nitrogens with zero attached hydrogens (tertiary/aromatic N) is 3. The molecule has 1 aliphatic rings. The van der Waals surface area contributed by atoms with Crippen molar-refractivity contribution in [2.24, 2.45) is 7.05 Å². The van der Waals surface area contributed by atoms with Crippen molar-refractivity contribution >= 4 is 11.9 Å². The van der Waals surface area contributed by atoms with E-state index in [4.69, 9.17) is 4.74 Å². The maximum absolute atomic E-state index is 11.8. The van der Waals surface area contributed by atoms with Crippen LogP contribution >= 0.6 is 0 Å². The van der Waals surface area contributed by atoms with E-state index in [0.717, 1.165) is 0 Å². The highest BCUT2D eigenvalue weighted by Crippen LogP contribution is 2.29. The maximum Gasteiger partial charge on any atom is 0.335 e. The van der Waals surface area contributed by atoms with Crippen molar-refractivity contribution < 1.29 is 19.4 Å². The largest absolute Gasteiger partial charge is 0.479 e. The molecule has 0 aliphatic carbocycles. The lowest BCUT2D eigenvalue weighted by molar-refractivity contribution is -0.172. The topological polar surface area (TPSA) is 84.7 Å². The molecular weight excluding hydrogens is 238 g/mol. The first-order valence-electron chi connectivity index (χ1n) is 5.67. The zero-order valence-electron chi connectivity index (χ0n) is 10.2. The predicted molar refractivity (Wildman–Crippen MR) is 60.7 cm³/mol. The number of ether oxygens (including phenoxy) is 1. The number of carboxylic acid groups (broad SMARTS) is 1. The van der Waals surface area contributed by atoms with Gasteiger partial charge in [-0.15, -0.1) is 0 Å². The molecule has 2 heterocycles. The summed E-state index contributed by atoms with van der Waals surface area (Å²) in [6.45, 7) is 2.05. The molecule has 1 aliphatic heterocycles. The van der Waals surface area contributed by atoms with Crippen LogP contribution in [0.3, 0.4) is 0 Å². The molecule has 2 rings (SSSR count). The first kappa shape index (κ1) is 12.6. The van der Waals surface area contributed by atoms with Crippen LogP contribution in [0.4, 0.5) is 0 Å². The molecule has 0 bridgehead atoms. The molecule has 0 radical (unpaired) electrons. The van der Waals surface area contributed by atoms with Gasteiger partial charge in [-0.1, -0.05) is 0 Å². The summed E-state index contributed by atoms with van der Waals surface area (Å²) in [5, 5.41) is 13.2. The second kappa shape index (κ2) is 4.77. The van der Waals surface area contributed by atoms with Crippen LogP contribution in [0.2, 0.25) is 0 Å². The zero-order valence-corrected chi connectivity index (χ0v) is 10.2. The van der Waals surface area contributed by atoms with Crippen LogP contribution in [-0.2, 0) is 21.4 Å². The van der Waals surface area contributed by atoms with Crippen LogP contribution in [0.25, 0.3) is 0 Å². The lowest BCUT2D eigenvalue weighted by Crippen LogP contribution is -2.51. The second-order valence-electron chi connectivity index (χ2n) is 4.14. The lowest BCUT2D eigenvalue weighted by Gasteiger charge is -2.38. The third kappa shape index (κ3) is 2.08. The summed E-state index contributed by atoms with van der Waals surface area (Å²) < 4.78 is 6.70. The van der Waals surface area contributed by atoms with Crippen LogP contribution in [0, 0.1) is 0 Å². The van der Waals surface area contributed by atoms with Gasteiger partial charge in [0.15, 0.2) is 6.10 Å². The molecule has 7 heteroatoms. The fourth-order valence-corrected chi connectivity index (χ4v) is 2.18. The number of amides is 1. The number of hydrogen-bond acceptors (Lipinski definition) is 4. The smallest absolute Gasteiger partial charge is 0.335 e. The summed E-state index contributed by atoms with van der Waals surface area (Å²) in [6, 6.07) is -0.623. The van der Waals surface area contributed by atoms with E-state index in [1.807, 2.05) is 6.92 Å². The molecule has 0 unspecified atom stereocenters. The fourth-order valence-electron chi connectivity index (χ4n) is 2.18. The third-order valence-electron chi connectivity index (χ3n) is 2.98. The van der Waals surface area contributed by atoms with Gasteiger partial charge in [-0.2, -0.15) is 5.10 Å². The van der Waals surface area contributed by atoms with Gasteiger partial charge >= 0.3 is 5.97 Å². The van der Waals surface area contributed by atoms with Gasteiger partial charge in [-0.25, -0.2) is 4.79 Å². The number of carbonyl (C=O) groups excluding carboxylic acids is 1. The third-order valence-corrected chi connectivity index (χ3v) is 2.98. The summed E-state index contributed by atoms with van der Waals surface area (Å²) in [7, 11) is 1.74. The van der Waals surface area contributed by atoms with Crippen molar-refractivity contribution in [2.75, 3.05) is 13.2 Å². The van der Waals surface area contributed by atoms with E-state index >= 15 is 0 Å². The number of aromatic nitrogens is 2. The Morgan fingerprint density at radius 2 is 2.39 bits per heavy atom. The van der Waals surface area contributed by atoms with Crippen molar-refractivity contribution in [3.05, 3.63) is 18.0 Å². The molecular formula is C11H15N3O4. The van der Waals surface area contributed by atoms with E-state index < -0.39 is 18.1 Å². The predicted octanol–water partition coefficient (Wildman–Crippen LogP) is -0.207. The lowest BCUT2D eigenvalue weighted by atomic mass is 10.0. The standard InChI is InChI=1S/C11H15N3O4/c1-3-14-8(15)6-18-10(11(16)17)9(14)7-4-12-13(2)5-7/h4-5,9-10H,3,6H2,1-2H3,(H,16,17)/t9-,10+/m1/s1. The molecule has 0 aromatic carbocycles. The maximum atomic E-state index is 11.8. The average Bonchev–Trinajstić information content (AvgIpc) is 2.74. The fraction of sp³-hybridized carbons (Fsp3) is 0.545. The normalized spacial score (nSPS) is 24.3. The molecule has 1 aromatic rings. The van der Waals surface area contributed by atoms with Crippen LogP contribution < -0.4 is 0 Å². The van der Waals surface area contributed by atoms with E-state index in [0.29, 0.717) is 12.1 Å². The number of aryl methyl sites for hydroxylation is 1. The van der Waals surface area contributed by atoms with Gasteiger partial charge in [-0.05, 0) is 6.92 Å². The Bertz CT molecular complexity index is 469. The molecule has 18 heavy (non-hydrogen) atoms. The Morgan fingerprint density at radius 3 is 2.89 bits per heavy atom. The molecule has 1 N–H and O–H groups in total. The molecule has 1 fully saturated rings. The number of carbonyl (C=O) groups is 2. The number of aliphatic carboxylic acids is 1. The minimum atomic E-state index is -1.07. The van der Waals surface area contributed by atoms with E-state index in [1.54, 1.807) is 24.1 Å². The number of morpholine rings is 1.